The van der Waals surface area contributed by atoms with Crippen LogP contribution in [-0.4, -0.2) is 37.0 Å². The molecule has 0 atom stereocenters. The number of benzene rings is 2. The van der Waals surface area contributed by atoms with Crippen LogP contribution in [-0.2, 0) is 11.2 Å². The van der Waals surface area contributed by atoms with E-state index in [0.717, 1.165) is 44.6 Å². The second-order valence-corrected chi connectivity index (χ2v) is 5.90. The third kappa shape index (κ3) is 5.36. The number of hydrogen-bond donors (Lipinski definition) is 1. The van der Waals surface area contributed by atoms with Crippen molar-refractivity contribution in [2.24, 2.45) is 0 Å². The highest BCUT2D eigenvalue weighted by atomic mass is 16.1. The number of amides is 1. The van der Waals surface area contributed by atoms with Crippen molar-refractivity contribution in [3.63, 3.8) is 0 Å². The normalized spacial score (nSPS) is 11.1. The first kappa shape index (κ1) is 17.5. The Morgan fingerprint density at radius 1 is 1.00 bits per heavy atom. The van der Waals surface area contributed by atoms with Gasteiger partial charge in [-0.05, 0) is 48.8 Å². The number of nitrogens with one attached hydrogen (secondary N) is 1. The van der Waals surface area contributed by atoms with Gasteiger partial charge in [-0.1, -0.05) is 56.3 Å². The maximum absolute atomic E-state index is 12.1. The second kappa shape index (κ2) is 9.31. The molecule has 1 amide bonds. The largest absolute Gasteiger partial charge is 0.356 e. The number of carbonyl (C=O) groups excluding carboxylic acids is 1. The Morgan fingerprint density at radius 3 is 2.52 bits per heavy atom. The van der Waals surface area contributed by atoms with Crippen molar-refractivity contribution < 1.29 is 4.79 Å². The molecule has 0 saturated heterocycles. The number of fused-ring (bicyclic) bond motifs is 1. The molecule has 0 bridgehead atoms. The number of hydrogen-bond acceptors (Lipinski definition) is 2. The van der Waals surface area contributed by atoms with E-state index in [1.54, 1.807) is 0 Å². The second-order valence-electron chi connectivity index (χ2n) is 5.90. The summed E-state index contributed by atoms with van der Waals surface area (Å²) in [4.78, 5) is 14.6. The van der Waals surface area contributed by atoms with Gasteiger partial charge in [-0.3, -0.25) is 4.79 Å². The van der Waals surface area contributed by atoms with Crippen molar-refractivity contribution >= 4 is 16.7 Å². The van der Waals surface area contributed by atoms with Crippen LogP contribution >= 0.6 is 0 Å². The molecule has 0 radical (unpaired) electrons. The van der Waals surface area contributed by atoms with Crippen LogP contribution in [0.5, 0.6) is 0 Å². The van der Waals surface area contributed by atoms with Crippen molar-refractivity contribution in [1.29, 1.82) is 0 Å². The molecule has 0 aliphatic heterocycles. The molecule has 0 heterocycles. The monoisotopic (exact) mass is 312 g/mol. The van der Waals surface area contributed by atoms with Gasteiger partial charge in [0.15, 0.2) is 0 Å². The fraction of sp³-hybridized carbons (Fsp3) is 0.450. The first-order valence-electron chi connectivity index (χ1n) is 8.70. The van der Waals surface area contributed by atoms with Gasteiger partial charge in [-0.2, -0.15) is 0 Å². The van der Waals surface area contributed by atoms with E-state index in [4.69, 9.17) is 0 Å². The number of rotatable bonds is 9. The molecule has 0 spiro atoms. The molecule has 0 aromatic heterocycles. The molecule has 23 heavy (non-hydrogen) atoms. The maximum atomic E-state index is 12.1. The summed E-state index contributed by atoms with van der Waals surface area (Å²) in [6.45, 7) is 8.47. The van der Waals surface area contributed by atoms with E-state index in [-0.39, 0.29) is 5.91 Å². The zero-order valence-corrected chi connectivity index (χ0v) is 14.3. The van der Waals surface area contributed by atoms with Gasteiger partial charge in [-0.15, -0.1) is 0 Å². The third-order valence-corrected chi connectivity index (χ3v) is 4.35. The summed E-state index contributed by atoms with van der Waals surface area (Å²) >= 11 is 0. The van der Waals surface area contributed by atoms with E-state index in [1.807, 2.05) is 24.3 Å². The quantitative estimate of drug-likeness (QED) is 0.717. The number of nitrogens with zero attached hydrogens (tertiary/aromatic N) is 1. The van der Waals surface area contributed by atoms with Crippen LogP contribution in [0, 0.1) is 0 Å². The van der Waals surface area contributed by atoms with E-state index in [0.29, 0.717) is 6.42 Å². The van der Waals surface area contributed by atoms with Crippen molar-refractivity contribution in [3.05, 3.63) is 48.0 Å². The minimum atomic E-state index is 0.115. The van der Waals surface area contributed by atoms with Crippen LogP contribution in [0.1, 0.15) is 32.3 Å². The molecular weight excluding hydrogens is 284 g/mol. The standard InChI is InChI=1S/C20H28N2O/c1-3-22(4-2)15-8-7-14-21-20(23)16-18-12-9-11-17-10-5-6-13-19(17)18/h5-6,9-13H,3-4,7-8,14-16H2,1-2H3,(H,21,23). The topological polar surface area (TPSA) is 32.3 Å². The fourth-order valence-electron chi connectivity index (χ4n) is 2.91. The summed E-state index contributed by atoms with van der Waals surface area (Å²) in [5, 5.41) is 5.41. The molecule has 0 aliphatic carbocycles. The Labute approximate surface area is 139 Å². The molecule has 0 aliphatic rings. The summed E-state index contributed by atoms with van der Waals surface area (Å²) < 4.78 is 0. The highest BCUT2D eigenvalue weighted by Crippen LogP contribution is 2.18. The van der Waals surface area contributed by atoms with Gasteiger partial charge in [0, 0.05) is 6.54 Å². The first-order chi connectivity index (χ1) is 11.2. The molecule has 0 saturated carbocycles. The van der Waals surface area contributed by atoms with Crippen LogP contribution in [0.3, 0.4) is 0 Å². The van der Waals surface area contributed by atoms with Crippen LogP contribution < -0.4 is 5.32 Å². The predicted molar refractivity (Wildman–Crippen MR) is 97.7 cm³/mol. The minimum Gasteiger partial charge on any atom is -0.356 e. The maximum Gasteiger partial charge on any atom is 0.224 e. The van der Waals surface area contributed by atoms with Gasteiger partial charge in [0.2, 0.25) is 5.91 Å². The number of carbonyl (C=O) groups is 1. The minimum absolute atomic E-state index is 0.115. The first-order valence-corrected chi connectivity index (χ1v) is 8.70. The van der Waals surface area contributed by atoms with Crippen LogP contribution in [0.15, 0.2) is 42.5 Å². The lowest BCUT2D eigenvalue weighted by molar-refractivity contribution is -0.120. The smallest absolute Gasteiger partial charge is 0.224 e. The molecule has 1 N–H and O–H groups in total. The van der Waals surface area contributed by atoms with E-state index in [9.17, 15) is 4.79 Å². The average Bonchev–Trinajstić information content (AvgIpc) is 2.58. The van der Waals surface area contributed by atoms with Crippen molar-refractivity contribution in [2.45, 2.75) is 33.1 Å². The van der Waals surface area contributed by atoms with Crippen LogP contribution in [0.25, 0.3) is 10.8 Å². The zero-order chi connectivity index (χ0) is 16.5. The Balaban J connectivity index is 1.76. The summed E-state index contributed by atoms with van der Waals surface area (Å²) in [7, 11) is 0. The molecular formula is C20H28N2O. The van der Waals surface area contributed by atoms with Crippen molar-refractivity contribution in [2.75, 3.05) is 26.2 Å². The van der Waals surface area contributed by atoms with Gasteiger partial charge in [0.05, 0.1) is 6.42 Å². The number of unbranched alkanes of at least 4 members (excludes halogenated alkanes) is 1. The van der Waals surface area contributed by atoms with Gasteiger partial charge in [0.25, 0.3) is 0 Å². The van der Waals surface area contributed by atoms with Gasteiger partial charge < -0.3 is 10.2 Å². The van der Waals surface area contributed by atoms with E-state index in [2.05, 4.69) is 42.3 Å². The summed E-state index contributed by atoms with van der Waals surface area (Å²) in [6.07, 6.45) is 2.63. The fourth-order valence-corrected chi connectivity index (χ4v) is 2.91. The lowest BCUT2D eigenvalue weighted by atomic mass is 10.0. The molecule has 124 valence electrons. The van der Waals surface area contributed by atoms with Gasteiger partial charge in [-0.25, -0.2) is 0 Å². The summed E-state index contributed by atoms with van der Waals surface area (Å²) in [5.74, 6) is 0.115. The Morgan fingerprint density at radius 2 is 1.74 bits per heavy atom. The van der Waals surface area contributed by atoms with Crippen LogP contribution in [0.2, 0.25) is 0 Å². The Bertz CT molecular complexity index is 615. The zero-order valence-electron chi connectivity index (χ0n) is 14.3. The lowest BCUT2D eigenvalue weighted by Crippen LogP contribution is -2.28. The van der Waals surface area contributed by atoms with Gasteiger partial charge >= 0.3 is 0 Å². The highest BCUT2D eigenvalue weighted by Gasteiger charge is 2.06. The molecule has 0 unspecified atom stereocenters. The Kier molecular flexibility index (Phi) is 7.08. The average molecular weight is 312 g/mol. The molecule has 3 nitrogen and oxygen atoms in total. The molecule has 2 aromatic carbocycles. The van der Waals surface area contributed by atoms with Crippen molar-refractivity contribution in [3.8, 4) is 0 Å². The molecule has 0 fully saturated rings. The SMILES string of the molecule is CCN(CC)CCCCNC(=O)Cc1cccc2ccccc12. The van der Waals surface area contributed by atoms with E-state index in [1.165, 1.54) is 10.8 Å². The molecule has 2 aromatic rings. The van der Waals surface area contributed by atoms with Gasteiger partial charge in [0.1, 0.15) is 0 Å². The summed E-state index contributed by atoms with van der Waals surface area (Å²) in [5.41, 5.74) is 1.10. The lowest BCUT2D eigenvalue weighted by Gasteiger charge is -2.17. The van der Waals surface area contributed by atoms with E-state index < -0.39 is 0 Å². The molecule has 3 heteroatoms. The summed E-state index contributed by atoms with van der Waals surface area (Å²) in [6, 6.07) is 14.4. The predicted octanol–water partition coefficient (Wildman–Crippen LogP) is 3.62. The van der Waals surface area contributed by atoms with Crippen molar-refractivity contribution in [1.82, 2.24) is 10.2 Å². The third-order valence-electron chi connectivity index (χ3n) is 4.35. The molecule has 2 rings (SSSR count). The Hall–Kier alpha value is -1.87. The highest BCUT2D eigenvalue weighted by molar-refractivity contribution is 5.90. The van der Waals surface area contributed by atoms with Crippen LogP contribution in [0.4, 0.5) is 0 Å². The van der Waals surface area contributed by atoms with E-state index >= 15 is 0 Å².